The number of benzene rings is 3. The van der Waals surface area contributed by atoms with Crippen LogP contribution in [0.5, 0.6) is 11.5 Å². The van der Waals surface area contributed by atoms with Gasteiger partial charge < -0.3 is 9.47 Å². The van der Waals surface area contributed by atoms with Crippen molar-refractivity contribution in [3.05, 3.63) is 95.0 Å². The fourth-order valence-corrected chi connectivity index (χ4v) is 4.10. The molecule has 0 N–H and O–H groups in total. The fraction of sp³-hybridized carbons (Fsp3) is 0.148. The summed E-state index contributed by atoms with van der Waals surface area (Å²) in [4.78, 5) is 18.2. The molecule has 0 atom stereocenters. The monoisotopic (exact) mass is 437 g/mol. The lowest BCUT2D eigenvalue weighted by Gasteiger charge is -2.12. The first-order chi connectivity index (χ1) is 16.2. The molecule has 2 aromatic heterocycles. The lowest BCUT2D eigenvalue weighted by Crippen LogP contribution is -2.24. The van der Waals surface area contributed by atoms with Gasteiger partial charge in [-0.25, -0.2) is 4.68 Å². The van der Waals surface area contributed by atoms with E-state index in [1.54, 1.807) is 20.4 Å². The summed E-state index contributed by atoms with van der Waals surface area (Å²) >= 11 is 0. The van der Waals surface area contributed by atoms with Crippen molar-refractivity contribution in [2.24, 2.45) is 0 Å². The molecule has 0 saturated carbocycles. The second-order valence-corrected chi connectivity index (χ2v) is 7.76. The van der Waals surface area contributed by atoms with Gasteiger partial charge in [-0.1, -0.05) is 48.5 Å². The number of nitrogens with zero attached hydrogens (tertiary/aromatic N) is 3. The van der Waals surface area contributed by atoms with Crippen molar-refractivity contribution in [1.82, 2.24) is 14.8 Å². The van der Waals surface area contributed by atoms with E-state index in [0.29, 0.717) is 29.9 Å². The van der Waals surface area contributed by atoms with E-state index in [1.165, 1.54) is 4.68 Å². The molecule has 0 radical (unpaired) electrons. The molecule has 2 heterocycles. The molecule has 3 aromatic carbocycles. The number of pyridine rings is 1. The van der Waals surface area contributed by atoms with Crippen molar-refractivity contribution in [3.8, 4) is 22.6 Å². The lowest BCUT2D eigenvalue weighted by molar-refractivity contribution is 0.355. The molecule has 6 nitrogen and oxygen atoms in total. The highest BCUT2D eigenvalue weighted by Crippen LogP contribution is 2.34. The van der Waals surface area contributed by atoms with Gasteiger partial charge in [-0.3, -0.25) is 9.78 Å². The molecule has 33 heavy (non-hydrogen) atoms. The van der Waals surface area contributed by atoms with Gasteiger partial charge in [0.25, 0.3) is 5.56 Å². The topological polar surface area (TPSA) is 66.2 Å². The highest BCUT2D eigenvalue weighted by molar-refractivity contribution is 5.95. The van der Waals surface area contributed by atoms with Gasteiger partial charge in [0, 0.05) is 22.9 Å². The molecular formula is C27H23N3O3. The zero-order valence-corrected chi connectivity index (χ0v) is 18.5. The molecule has 0 aliphatic heterocycles. The molecule has 0 amide bonds. The Morgan fingerprint density at radius 2 is 1.67 bits per heavy atom. The van der Waals surface area contributed by atoms with Crippen LogP contribution < -0.4 is 15.0 Å². The number of ether oxygens (including phenoxy) is 2. The van der Waals surface area contributed by atoms with E-state index in [1.807, 2.05) is 66.7 Å². The highest BCUT2D eigenvalue weighted by atomic mass is 16.5. The van der Waals surface area contributed by atoms with Gasteiger partial charge in [0.15, 0.2) is 11.5 Å². The van der Waals surface area contributed by atoms with Gasteiger partial charge in [0.05, 0.1) is 37.9 Å². The highest BCUT2D eigenvalue weighted by Gasteiger charge is 2.13. The first-order valence-corrected chi connectivity index (χ1v) is 10.7. The van der Waals surface area contributed by atoms with Crippen molar-refractivity contribution in [2.45, 2.75) is 13.0 Å². The summed E-state index contributed by atoms with van der Waals surface area (Å²) in [5.41, 5.74) is 3.46. The third-order valence-electron chi connectivity index (χ3n) is 5.81. The van der Waals surface area contributed by atoms with E-state index in [0.717, 1.165) is 33.1 Å². The Bertz CT molecular complexity index is 1520. The van der Waals surface area contributed by atoms with Crippen molar-refractivity contribution >= 4 is 21.7 Å². The number of hydrogen-bond donors (Lipinski definition) is 0. The average Bonchev–Trinajstić information content (AvgIpc) is 2.87. The number of fused-ring (bicyclic) bond motifs is 2. The van der Waals surface area contributed by atoms with E-state index in [4.69, 9.17) is 14.5 Å². The van der Waals surface area contributed by atoms with Gasteiger partial charge in [0.2, 0.25) is 0 Å². The lowest BCUT2D eigenvalue weighted by atomic mass is 9.99. The Morgan fingerprint density at radius 1 is 0.848 bits per heavy atom. The minimum atomic E-state index is -0.126. The molecule has 5 aromatic rings. The number of rotatable bonds is 6. The molecule has 0 spiro atoms. The molecule has 6 heteroatoms. The van der Waals surface area contributed by atoms with Crippen molar-refractivity contribution < 1.29 is 9.47 Å². The van der Waals surface area contributed by atoms with Crippen LogP contribution in [0.2, 0.25) is 0 Å². The standard InChI is InChI=1S/C27H23N3O3/c1-32-24-13-11-19(16-25(24)33-2)22-8-5-7-20-17-28-30(27(31)26(20)22)15-14-21-12-10-18-6-3-4-9-23(18)29-21/h3-13,16-17H,14-15H2,1-2H3. The van der Waals surface area contributed by atoms with E-state index >= 15 is 0 Å². The SMILES string of the molecule is COc1ccc(-c2cccc3cnn(CCc4ccc5ccccc5n4)c(=O)c23)cc1OC. The van der Waals surface area contributed by atoms with Crippen LogP contribution in [0.4, 0.5) is 0 Å². The summed E-state index contributed by atoms with van der Waals surface area (Å²) in [7, 11) is 3.20. The predicted octanol–water partition coefficient (Wildman–Crippen LogP) is 4.87. The summed E-state index contributed by atoms with van der Waals surface area (Å²) in [6, 6.07) is 23.5. The van der Waals surface area contributed by atoms with E-state index < -0.39 is 0 Å². The van der Waals surface area contributed by atoms with Crippen molar-refractivity contribution in [2.75, 3.05) is 14.2 Å². The van der Waals surface area contributed by atoms with Gasteiger partial charge in [-0.2, -0.15) is 5.10 Å². The van der Waals surface area contributed by atoms with Gasteiger partial charge in [-0.05, 0) is 35.4 Å². The van der Waals surface area contributed by atoms with E-state index in [-0.39, 0.29) is 5.56 Å². The van der Waals surface area contributed by atoms with Crippen LogP contribution in [-0.4, -0.2) is 29.0 Å². The Labute approximate surface area is 191 Å². The minimum Gasteiger partial charge on any atom is -0.493 e. The van der Waals surface area contributed by atoms with Crippen LogP contribution in [0, 0.1) is 0 Å². The molecule has 0 aliphatic rings. The maximum atomic E-state index is 13.5. The quantitative estimate of drug-likeness (QED) is 0.379. The summed E-state index contributed by atoms with van der Waals surface area (Å²) in [6.07, 6.45) is 2.36. The van der Waals surface area contributed by atoms with Crippen LogP contribution >= 0.6 is 0 Å². The molecule has 0 unspecified atom stereocenters. The van der Waals surface area contributed by atoms with E-state index in [2.05, 4.69) is 11.2 Å². The normalized spacial score (nSPS) is 11.1. The molecule has 164 valence electrons. The number of aryl methyl sites for hydroxylation is 2. The Hall–Kier alpha value is -4.19. The second-order valence-electron chi connectivity index (χ2n) is 7.76. The maximum absolute atomic E-state index is 13.5. The van der Waals surface area contributed by atoms with Crippen molar-refractivity contribution in [3.63, 3.8) is 0 Å². The minimum absolute atomic E-state index is 0.126. The van der Waals surface area contributed by atoms with Crippen LogP contribution in [0.15, 0.2) is 83.8 Å². The first kappa shape index (κ1) is 20.7. The molecule has 0 fully saturated rings. The predicted molar refractivity (Wildman–Crippen MR) is 130 cm³/mol. The molecule has 5 rings (SSSR count). The molecule has 0 aliphatic carbocycles. The van der Waals surface area contributed by atoms with Crippen LogP contribution in [0.1, 0.15) is 5.69 Å². The zero-order chi connectivity index (χ0) is 22.8. The molecular weight excluding hydrogens is 414 g/mol. The van der Waals surface area contributed by atoms with E-state index in [9.17, 15) is 4.79 Å². The summed E-state index contributed by atoms with van der Waals surface area (Å²) in [6.45, 7) is 0.445. The number of para-hydroxylation sites is 1. The second kappa shape index (κ2) is 8.74. The molecule has 0 saturated heterocycles. The maximum Gasteiger partial charge on any atom is 0.275 e. The summed E-state index contributed by atoms with van der Waals surface area (Å²) in [5.74, 6) is 1.26. The van der Waals surface area contributed by atoms with Crippen molar-refractivity contribution in [1.29, 1.82) is 0 Å². The zero-order valence-electron chi connectivity index (χ0n) is 18.5. The third-order valence-corrected chi connectivity index (χ3v) is 5.81. The van der Waals surface area contributed by atoms with Crippen LogP contribution in [0.3, 0.4) is 0 Å². The number of methoxy groups -OCH3 is 2. The van der Waals surface area contributed by atoms with Crippen LogP contribution in [-0.2, 0) is 13.0 Å². The number of aromatic nitrogens is 3. The Morgan fingerprint density at radius 3 is 2.52 bits per heavy atom. The smallest absolute Gasteiger partial charge is 0.275 e. The Balaban J connectivity index is 1.52. The Kier molecular flexibility index (Phi) is 5.48. The molecule has 0 bridgehead atoms. The van der Waals surface area contributed by atoms with Gasteiger partial charge in [0.1, 0.15) is 0 Å². The first-order valence-electron chi connectivity index (χ1n) is 10.7. The van der Waals surface area contributed by atoms with Gasteiger partial charge in [-0.15, -0.1) is 0 Å². The summed E-state index contributed by atoms with van der Waals surface area (Å²) in [5, 5.41) is 6.94. The van der Waals surface area contributed by atoms with Crippen LogP contribution in [0.25, 0.3) is 32.8 Å². The largest absolute Gasteiger partial charge is 0.493 e. The summed E-state index contributed by atoms with van der Waals surface area (Å²) < 4.78 is 12.3. The fourth-order valence-electron chi connectivity index (χ4n) is 4.10. The average molecular weight is 437 g/mol. The number of hydrogen-bond acceptors (Lipinski definition) is 5. The third kappa shape index (κ3) is 3.91. The van der Waals surface area contributed by atoms with Gasteiger partial charge >= 0.3 is 0 Å².